The van der Waals surface area contributed by atoms with Crippen LogP contribution in [0.1, 0.15) is 20.9 Å². The normalized spacial score (nSPS) is 10.7. The maximum absolute atomic E-state index is 5.92. The summed E-state index contributed by atoms with van der Waals surface area (Å²) in [6.45, 7) is 5.77. The lowest BCUT2D eigenvalue weighted by Crippen LogP contribution is -2.03. The molecule has 0 saturated heterocycles. The highest BCUT2D eigenvalue weighted by atomic mass is 79.9. The number of halogens is 1. The van der Waals surface area contributed by atoms with Crippen molar-refractivity contribution in [2.45, 2.75) is 27.0 Å². The molecule has 0 spiro atoms. The van der Waals surface area contributed by atoms with Gasteiger partial charge in [0.2, 0.25) is 0 Å². The summed E-state index contributed by atoms with van der Waals surface area (Å²) in [7, 11) is 1.97. The summed E-state index contributed by atoms with van der Waals surface area (Å²) in [5.41, 5.74) is 2.43. The number of nitrogens with one attached hydrogen (secondary N) is 1. The van der Waals surface area contributed by atoms with Crippen LogP contribution < -0.4 is 10.1 Å². The first-order valence-corrected chi connectivity index (χ1v) is 7.83. The van der Waals surface area contributed by atoms with E-state index < -0.39 is 0 Å². The number of benzene rings is 1. The fourth-order valence-electron chi connectivity index (χ4n) is 1.92. The smallest absolute Gasteiger partial charge is 0.122 e. The van der Waals surface area contributed by atoms with E-state index in [0.29, 0.717) is 6.61 Å². The zero-order valence-corrected chi connectivity index (χ0v) is 13.8. The van der Waals surface area contributed by atoms with Crippen molar-refractivity contribution in [1.82, 2.24) is 5.32 Å². The van der Waals surface area contributed by atoms with Crippen molar-refractivity contribution in [3.05, 3.63) is 49.6 Å². The Morgan fingerprint density at radius 2 is 2.05 bits per heavy atom. The van der Waals surface area contributed by atoms with Crippen molar-refractivity contribution in [2.75, 3.05) is 7.05 Å². The van der Waals surface area contributed by atoms with E-state index in [1.54, 1.807) is 0 Å². The van der Waals surface area contributed by atoms with E-state index in [4.69, 9.17) is 4.74 Å². The van der Waals surface area contributed by atoms with Crippen molar-refractivity contribution in [3.63, 3.8) is 0 Å². The van der Waals surface area contributed by atoms with Crippen LogP contribution in [-0.4, -0.2) is 7.05 Å². The topological polar surface area (TPSA) is 21.3 Å². The van der Waals surface area contributed by atoms with Crippen LogP contribution in [0.3, 0.4) is 0 Å². The molecule has 0 radical (unpaired) electrons. The number of hydrogen-bond acceptors (Lipinski definition) is 3. The Morgan fingerprint density at radius 1 is 1.26 bits per heavy atom. The second kappa shape index (κ2) is 6.55. The minimum Gasteiger partial charge on any atom is -0.489 e. The van der Waals surface area contributed by atoms with Crippen molar-refractivity contribution in [3.8, 4) is 5.75 Å². The van der Waals surface area contributed by atoms with E-state index in [0.717, 1.165) is 22.3 Å². The standard InChI is InChI=1S/C15H18BrNOS/c1-10-6-13(16)4-5-15(10)18-9-12-7-14(8-17-3)19-11(12)2/h4-7,17H,8-9H2,1-3H3. The molecule has 2 rings (SSSR count). The summed E-state index contributed by atoms with van der Waals surface area (Å²) in [5, 5.41) is 3.18. The van der Waals surface area contributed by atoms with Gasteiger partial charge in [0.25, 0.3) is 0 Å². The summed E-state index contributed by atoms with van der Waals surface area (Å²) < 4.78 is 7.00. The fourth-order valence-corrected chi connectivity index (χ4v) is 3.46. The molecule has 0 unspecified atom stereocenters. The predicted octanol–water partition coefficient (Wildman–Crippen LogP) is 4.43. The van der Waals surface area contributed by atoms with Gasteiger partial charge in [0.1, 0.15) is 12.4 Å². The monoisotopic (exact) mass is 339 g/mol. The minimum absolute atomic E-state index is 0.633. The predicted molar refractivity (Wildman–Crippen MR) is 85.0 cm³/mol. The van der Waals surface area contributed by atoms with Gasteiger partial charge in [0.15, 0.2) is 0 Å². The van der Waals surface area contributed by atoms with Crippen LogP contribution in [0, 0.1) is 13.8 Å². The Labute approximate surface area is 126 Å². The third kappa shape index (κ3) is 3.81. The highest BCUT2D eigenvalue weighted by molar-refractivity contribution is 9.10. The molecule has 1 heterocycles. The van der Waals surface area contributed by atoms with Crippen LogP contribution in [0.5, 0.6) is 5.75 Å². The van der Waals surface area contributed by atoms with Gasteiger partial charge in [-0.2, -0.15) is 0 Å². The molecular weight excluding hydrogens is 322 g/mol. The third-order valence-electron chi connectivity index (χ3n) is 2.94. The Kier molecular flexibility index (Phi) is 5.02. The van der Waals surface area contributed by atoms with Gasteiger partial charge in [-0.3, -0.25) is 0 Å². The zero-order valence-electron chi connectivity index (χ0n) is 11.4. The van der Waals surface area contributed by atoms with Crippen molar-refractivity contribution in [2.24, 2.45) is 0 Å². The summed E-state index contributed by atoms with van der Waals surface area (Å²) in [4.78, 5) is 2.69. The molecule has 4 heteroatoms. The van der Waals surface area contributed by atoms with Crippen molar-refractivity contribution >= 4 is 27.3 Å². The molecule has 1 aromatic carbocycles. The van der Waals surface area contributed by atoms with E-state index >= 15 is 0 Å². The van der Waals surface area contributed by atoms with Crippen molar-refractivity contribution in [1.29, 1.82) is 0 Å². The van der Waals surface area contributed by atoms with Crippen LogP contribution in [0.2, 0.25) is 0 Å². The summed E-state index contributed by atoms with van der Waals surface area (Å²) in [5.74, 6) is 0.948. The highest BCUT2D eigenvalue weighted by Gasteiger charge is 2.07. The molecule has 1 N–H and O–H groups in total. The van der Waals surface area contributed by atoms with Crippen LogP contribution in [0.25, 0.3) is 0 Å². The molecule has 0 atom stereocenters. The lowest BCUT2D eigenvalue weighted by molar-refractivity contribution is 0.304. The van der Waals surface area contributed by atoms with Gasteiger partial charge in [-0.05, 0) is 50.7 Å². The first kappa shape index (κ1) is 14.6. The molecule has 0 amide bonds. The van der Waals surface area contributed by atoms with Gasteiger partial charge < -0.3 is 10.1 Å². The van der Waals surface area contributed by atoms with Gasteiger partial charge >= 0.3 is 0 Å². The molecule has 19 heavy (non-hydrogen) atoms. The van der Waals surface area contributed by atoms with E-state index in [1.807, 2.05) is 30.5 Å². The van der Waals surface area contributed by atoms with E-state index in [-0.39, 0.29) is 0 Å². The van der Waals surface area contributed by atoms with Crippen LogP contribution in [-0.2, 0) is 13.2 Å². The maximum Gasteiger partial charge on any atom is 0.122 e. The Hall–Kier alpha value is -0.840. The minimum atomic E-state index is 0.633. The molecule has 2 aromatic rings. The Bertz CT molecular complexity index is 565. The molecule has 1 aromatic heterocycles. The first-order chi connectivity index (χ1) is 9.10. The number of thiophene rings is 1. The molecule has 0 aliphatic rings. The van der Waals surface area contributed by atoms with Crippen LogP contribution in [0.15, 0.2) is 28.7 Å². The van der Waals surface area contributed by atoms with Gasteiger partial charge in [0, 0.05) is 26.3 Å². The lowest BCUT2D eigenvalue weighted by Gasteiger charge is -2.09. The number of aryl methyl sites for hydroxylation is 2. The van der Waals surface area contributed by atoms with Crippen molar-refractivity contribution < 1.29 is 4.74 Å². The summed E-state index contributed by atoms with van der Waals surface area (Å²) >= 11 is 5.29. The molecule has 0 fully saturated rings. The lowest BCUT2D eigenvalue weighted by atomic mass is 10.2. The quantitative estimate of drug-likeness (QED) is 0.870. The molecule has 2 nitrogen and oxygen atoms in total. The molecule has 0 aliphatic carbocycles. The van der Waals surface area contributed by atoms with Gasteiger partial charge in [-0.25, -0.2) is 0 Å². The molecule has 0 aliphatic heterocycles. The van der Waals surface area contributed by atoms with E-state index in [2.05, 4.69) is 47.2 Å². The molecule has 102 valence electrons. The molecule has 0 saturated carbocycles. The second-order valence-electron chi connectivity index (χ2n) is 4.52. The van der Waals surface area contributed by atoms with Crippen LogP contribution >= 0.6 is 27.3 Å². The highest BCUT2D eigenvalue weighted by Crippen LogP contribution is 2.26. The third-order valence-corrected chi connectivity index (χ3v) is 4.53. The Balaban J connectivity index is 2.05. The van der Waals surface area contributed by atoms with Gasteiger partial charge in [0.05, 0.1) is 0 Å². The average Bonchev–Trinajstić information content (AvgIpc) is 2.69. The number of hydrogen-bond donors (Lipinski definition) is 1. The number of ether oxygens (including phenoxy) is 1. The Morgan fingerprint density at radius 3 is 2.74 bits per heavy atom. The summed E-state index contributed by atoms with van der Waals surface area (Å²) in [6.07, 6.45) is 0. The van der Waals surface area contributed by atoms with Gasteiger partial charge in [-0.1, -0.05) is 15.9 Å². The molecule has 0 bridgehead atoms. The average molecular weight is 340 g/mol. The zero-order chi connectivity index (χ0) is 13.8. The molecular formula is C15H18BrNOS. The maximum atomic E-state index is 5.92. The van der Waals surface area contributed by atoms with E-state index in [1.165, 1.54) is 15.3 Å². The summed E-state index contributed by atoms with van der Waals surface area (Å²) in [6, 6.07) is 8.32. The fraction of sp³-hybridized carbons (Fsp3) is 0.333. The largest absolute Gasteiger partial charge is 0.489 e. The number of rotatable bonds is 5. The van der Waals surface area contributed by atoms with Crippen LogP contribution in [0.4, 0.5) is 0 Å². The SMILES string of the molecule is CNCc1cc(COc2ccc(Br)cc2C)c(C)s1. The first-order valence-electron chi connectivity index (χ1n) is 6.22. The van der Waals surface area contributed by atoms with Gasteiger partial charge in [-0.15, -0.1) is 11.3 Å². The van der Waals surface area contributed by atoms with E-state index in [9.17, 15) is 0 Å². The second-order valence-corrected chi connectivity index (χ2v) is 6.78.